The largest absolute Gasteiger partial charge is 0.426 e. The topological polar surface area (TPSA) is 63.2 Å². The number of benzene rings is 1. The number of oxime groups is 1. The van der Waals surface area contributed by atoms with Crippen molar-refractivity contribution in [1.82, 2.24) is 10.4 Å². The third-order valence-electron chi connectivity index (χ3n) is 6.16. The molecule has 1 aromatic rings. The lowest BCUT2D eigenvalue weighted by atomic mass is 9.86. The van der Waals surface area contributed by atoms with Gasteiger partial charge in [0.25, 0.3) is 0 Å². The van der Waals surface area contributed by atoms with Crippen molar-refractivity contribution in [3.8, 4) is 0 Å². The summed E-state index contributed by atoms with van der Waals surface area (Å²) in [6.45, 7) is 1.04. The summed E-state index contributed by atoms with van der Waals surface area (Å²) in [6, 6.07) is 5.17. The van der Waals surface area contributed by atoms with Crippen LogP contribution in [-0.2, 0) is 15.9 Å². The van der Waals surface area contributed by atoms with Gasteiger partial charge in [-0.05, 0) is 30.5 Å². The summed E-state index contributed by atoms with van der Waals surface area (Å²) in [7, 11) is 0. The molecule has 0 atom stereocenters. The molecule has 30 heavy (non-hydrogen) atoms. The molecule has 2 fully saturated rings. The van der Waals surface area contributed by atoms with Crippen molar-refractivity contribution in [1.29, 1.82) is 0 Å². The van der Waals surface area contributed by atoms with Gasteiger partial charge in [0.1, 0.15) is 5.60 Å². The van der Waals surface area contributed by atoms with Gasteiger partial charge in [-0.2, -0.15) is 13.2 Å². The molecule has 1 amide bonds. The second-order valence-corrected chi connectivity index (χ2v) is 8.35. The van der Waals surface area contributed by atoms with E-state index in [-0.39, 0.29) is 6.04 Å². The van der Waals surface area contributed by atoms with Gasteiger partial charge in [0.15, 0.2) is 0 Å². The predicted octanol–water partition coefficient (Wildman–Crippen LogP) is 4.64. The highest BCUT2D eigenvalue weighted by atomic mass is 19.4. The fourth-order valence-electron chi connectivity index (χ4n) is 4.34. The predicted molar refractivity (Wildman–Crippen MR) is 104 cm³/mol. The van der Waals surface area contributed by atoms with Crippen LogP contribution in [0.4, 0.5) is 18.0 Å². The molecule has 3 aliphatic rings. The van der Waals surface area contributed by atoms with Crippen molar-refractivity contribution in [2.24, 2.45) is 5.16 Å². The molecule has 0 unspecified atom stereocenters. The third kappa shape index (κ3) is 4.88. The smallest absolute Gasteiger partial charge is 0.388 e. The normalized spacial score (nSPS) is 22.4. The summed E-state index contributed by atoms with van der Waals surface area (Å²) < 4.78 is 38.2. The van der Waals surface area contributed by atoms with Crippen LogP contribution in [0.2, 0.25) is 0 Å². The number of piperidine rings is 1. The molecular weight excluding hydrogens is 399 g/mol. The number of hydrogen-bond acceptors (Lipinski definition) is 5. The zero-order valence-electron chi connectivity index (χ0n) is 16.7. The maximum absolute atomic E-state index is 12.7. The Labute approximate surface area is 173 Å². The minimum Gasteiger partial charge on any atom is -0.388 e. The van der Waals surface area contributed by atoms with Crippen LogP contribution in [0.3, 0.4) is 0 Å². The number of nitrogens with one attached hydrogen (secondary N) is 1. The molecule has 0 bridgehead atoms. The standard InChI is InChI=1S/C21H26F3N3O3/c22-21(23,24)16-8-6-15(7-9-16)18-14-20(30-26-18)10-12-27(13-11-20)29-19(28)25-17-4-2-1-3-5-17/h6-9,17H,1-5,10-14H2,(H,25,28). The summed E-state index contributed by atoms with van der Waals surface area (Å²) in [4.78, 5) is 23.3. The van der Waals surface area contributed by atoms with Gasteiger partial charge in [-0.1, -0.05) is 36.6 Å². The molecule has 9 heteroatoms. The van der Waals surface area contributed by atoms with Gasteiger partial charge < -0.3 is 15.0 Å². The summed E-state index contributed by atoms with van der Waals surface area (Å²) in [5.74, 6) is 0. The average molecular weight is 425 g/mol. The quantitative estimate of drug-likeness (QED) is 0.767. The molecule has 1 aliphatic carbocycles. The highest BCUT2D eigenvalue weighted by Gasteiger charge is 2.43. The number of amides is 1. The Bertz CT molecular complexity index is 781. The molecular formula is C21H26F3N3O3. The van der Waals surface area contributed by atoms with Crippen LogP contribution in [0.5, 0.6) is 0 Å². The molecule has 4 rings (SSSR count). The maximum Gasteiger partial charge on any atom is 0.426 e. The number of alkyl halides is 3. The van der Waals surface area contributed by atoms with Crippen LogP contribution in [0, 0.1) is 0 Å². The number of hydrogen-bond donors (Lipinski definition) is 1. The molecule has 6 nitrogen and oxygen atoms in total. The van der Waals surface area contributed by atoms with Gasteiger partial charge in [0.2, 0.25) is 0 Å². The lowest BCUT2D eigenvalue weighted by Crippen LogP contribution is -2.47. The molecule has 0 radical (unpaired) electrons. The number of nitrogens with zero attached hydrogens (tertiary/aromatic N) is 2. The van der Waals surface area contributed by atoms with E-state index in [4.69, 9.17) is 9.68 Å². The van der Waals surface area contributed by atoms with Crippen molar-refractivity contribution in [2.45, 2.75) is 69.2 Å². The highest BCUT2D eigenvalue weighted by molar-refractivity contribution is 6.01. The van der Waals surface area contributed by atoms with E-state index in [1.807, 2.05) is 0 Å². The van der Waals surface area contributed by atoms with E-state index in [0.29, 0.717) is 43.6 Å². The monoisotopic (exact) mass is 425 g/mol. The fourth-order valence-corrected chi connectivity index (χ4v) is 4.34. The van der Waals surface area contributed by atoms with Crippen LogP contribution in [0.15, 0.2) is 29.4 Å². The van der Waals surface area contributed by atoms with Crippen LogP contribution in [0.25, 0.3) is 0 Å². The van der Waals surface area contributed by atoms with Crippen molar-refractivity contribution < 1.29 is 27.6 Å². The summed E-state index contributed by atoms with van der Waals surface area (Å²) >= 11 is 0. The minimum atomic E-state index is -4.36. The second kappa shape index (κ2) is 8.45. The van der Waals surface area contributed by atoms with E-state index in [1.165, 1.54) is 18.6 Å². The van der Waals surface area contributed by atoms with Gasteiger partial charge in [0.05, 0.1) is 11.3 Å². The van der Waals surface area contributed by atoms with Gasteiger partial charge in [0, 0.05) is 38.4 Å². The van der Waals surface area contributed by atoms with Crippen LogP contribution < -0.4 is 5.32 Å². The number of rotatable bonds is 3. The van der Waals surface area contributed by atoms with Gasteiger partial charge in [-0.15, -0.1) is 5.06 Å². The number of halogens is 3. The molecule has 1 N–H and O–H groups in total. The zero-order chi connectivity index (χ0) is 21.2. The van der Waals surface area contributed by atoms with Crippen molar-refractivity contribution in [3.63, 3.8) is 0 Å². The molecule has 1 spiro atoms. The third-order valence-corrected chi connectivity index (χ3v) is 6.16. The van der Waals surface area contributed by atoms with Gasteiger partial charge in [-0.25, -0.2) is 4.79 Å². The summed E-state index contributed by atoms with van der Waals surface area (Å²) in [5.41, 5.74) is 0.105. The summed E-state index contributed by atoms with van der Waals surface area (Å²) in [5, 5.41) is 8.71. The molecule has 1 aromatic carbocycles. The van der Waals surface area contributed by atoms with Crippen molar-refractivity contribution in [2.75, 3.05) is 13.1 Å². The first kappa shape index (κ1) is 21.0. The van der Waals surface area contributed by atoms with Crippen molar-refractivity contribution >= 4 is 11.8 Å². The molecule has 1 saturated carbocycles. The highest BCUT2D eigenvalue weighted by Crippen LogP contribution is 2.37. The Morgan fingerprint density at radius 1 is 1.13 bits per heavy atom. The van der Waals surface area contributed by atoms with E-state index < -0.39 is 23.4 Å². The SMILES string of the molecule is O=C(NC1CCCCC1)ON1CCC2(CC1)CC(c1ccc(C(F)(F)F)cc1)=NO2. The number of carbonyl (C=O) groups excluding carboxylic acids is 1. The first-order valence-corrected chi connectivity index (χ1v) is 10.5. The zero-order valence-corrected chi connectivity index (χ0v) is 16.7. The lowest BCUT2D eigenvalue weighted by Gasteiger charge is -2.36. The Morgan fingerprint density at radius 3 is 2.43 bits per heavy atom. The van der Waals surface area contributed by atoms with E-state index in [2.05, 4.69) is 10.5 Å². The van der Waals surface area contributed by atoms with E-state index in [0.717, 1.165) is 37.8 Å². The second-order valence-electron chi connectivity index (χ2n) is 8.35. The fraction of sp³-hybridized carbons (Fsp3) is 0.619. The molecule has 164 valence electrons. The molecule has 2 aliphatic heterocycles. The van der Waals surface area contributed by atoms with Crippen LogP contribution in [0.1, 0.15) is 62.5 Å². The molecule has 2 heterocycles. The van der Waals surface area contributed by atoms with Crippen LogP contribution >= 0.6 is 0 Å². The lowest BCUT2D eigenvalue weighted by molar-refractivity contribution is -0.158. The average Bonchev–Trinajstić information content (AvgIpc) is 3.14. The first-order chi connectivity index (χ1) is 14.3. The molecule has 0 aromatic heterocycles. The maximum atomic E-state index is 12.7. The first-order valence-electron chi connectivity index (χ1n) is 10.5. The minimum absolute atomic E-state index is 0.195. The van der Waals surface area contributed by atoms with Gasteiger partial charge in [-0.3, -0.25) is 0 Å². The number of hydroxylamine groups is 2. The Hall–Kier alpha value is -2.29. The van der Waals surface area contributed by atoms with Crippen LogP contribution in [-0.4, -0.2) is 41.6 Å². The van der Waals surface area contributed by atoms with Gasteiger partial charge >= 0.3 is 12.3 Å². The molecule has 1 saturated heterocycles. The number of carbonyl (C=O) groups is 1. The Morgan fingerprint density at radius 2 is 1.80 bits per heavy atom. The van der Waals surface area contributed by atoms with E-state index >= 15 is 0 Å². The Balaban J connectivity index is 1.25. The van der Waals surface area contributed by atoms with E-state index in [1.54, 1.807) is 5.06 Å². The Kier molecular flexibility index (Phi) is 5.90. The van der Waals surface area contributed by atoms with E-state index in [9.17, 15) is 18.0 Å². The van der Waals surface area contributed by atoms with Crippen molar-refractivity contribution in [3.05, 3.63) is 35.4 Å². The summed E-state index contributed by atoms with van der Waals surface area (Å²) in [6.07, 6.45) is 2.49.